The Morgan fingerprint density at radius 2 is 2.12 bits per heavy atom. The summed E-state index contributed by atoms with van der Waals surface area (Å²) < 4.78 is 18.4. The third-order valence-electron chi connectivity index (χ3n) is 3.06. The van der Waals surface area contributed by atoms with E-state index in [-0.39, 0.29) is 17.5 Å². The second-order valence-corrected chi connectivity index (χ2v) is 4.89. The van der Waals surface area contributed by atoms with Gasteiger partial charge in [0.2, 0.25) is 0 Å². The van der Waals surface area contributed by atoms with Gasteiger partial charge < -0.3 is 4.74 Å². The number of nitrogens with two attached hydrogens (primary N) is 1. The molecule has 0 fully saturated rings. The van der Waals surface area contributed by atoms with Gasteiger partial charge in [0.05, 0.1) is 5.60 Å². The molecule has 17 heavy (non-hydrogen) atoms. The summed E-state index contributed by atoms with van der Waals surface area (Å²) in [6.07, 6.45) is 0.715. The van der Waals surface area contributed by atoms with Gasteiger partial charge in [-0.2, -0.15) is 0 Å². The van der Waals surface area contributed by atoms with E-state index in [1.54, 1.807) is 13.2 Å². The molecule has 1 unspecified atom stereocenters. The van der Waals surface area contributed by atoms with E-state index < -0.39 is 0 Å². The number of methoxy groups -OCH3 is 1. The summed E-state index contributed by atoms with van der Waals surface area (Å²) in [6.45, 7) is 5.87. The van der Waals surface area contributed by atoms with Gasteiger partial charge in [-0.25, -0.2) is 4.39 Å². The molecular formula is C13H21FN2O. The van der Waals surface area contributed by atoms with Crippen LogP contribution in [0.3, 0.4) is 0 Å². The Morgan fingerprint density at radius 1 is 1.47 bits per heavy atom. The molecule has 0 aliphatic rings. The van der Waals surface area contributed by atoms with Crippen LogP contribution in [0.25, 0.3) is 0 Å². The van der Waals surface area contributed by atoms with E-state index in [2.05, 4.69) is 5.43 Å². The first-order valence-corrected chi connectivity index (χ1v) is 5.67. The zero-order valence-corrected chi connectivity index (χ0v) is 10.9. The van der Waals surface area contributed by atoms with Crippen LogP contribution in [-0.4, -0.2) is 12.7 Å². The highest BCUT2D eigenvalue weighted by molar-refractivity contribution is 5.29. The topological polar surface area (TPSA) is 47.3 Å². The van der Waals surface area contributed by atoms with Gasteiger partial charge in [-0.15, -0.1) is 0 Å². The van der Waals surface area contributed by atoms with Gasteiger partial charge in [0, 0.05) is 13.2 Å². The van der Waals surface area contributed by atoms with Crippen molar-refractivity contribution in [2.75, 3.05) is 7.11 Å². The Bertz CT molecular complexity index is 380. The minimum atomic E-state index is -0.280. The number of hydrogen-bond donors (Lipinski definition) is 2. The maximum absolute atomic E-state index is 13.0. The predicted octanol–water partition coefficient (Wildman–Crippen LogP) is 2.45. The quantitative estimate of drug-likeness (QED) is 0.614. The van der Waals surface area contributed by atoms with E-state index in [9.17, 15) is 4.39 Å². The Hall–Kier alpha value is -0.970. The predicted molar refractivity (Wildman–Crippen MR) is 66.9 cm³/mol. The highest BCUT2D eigenvalue weighted by Crippen LogP contribution is 2.27. The van der Waals surface area contributed by atoms with E-state index in [1.165, 1.54) is 12.1 Å². The van der Waals surface area contributed by atoms with Crippen LogP contribution in [0.5, 0.6) is 0 Å². The van der Waals surface area contributed by atoms with Crippen molar-refractivity contribution in [1.82, 2.24) is 5.43 Å². The number of halogens is 1. The van der Waals surface area contributed by atoms with Crippen molar-refractivity contribution >= 4 is 0 Å². The lowest BCUT2D eigenvalue weighted by atomic mass is 9.91. The second kappa shape index (κ2) is 5.58. The van der Waals surface area contributed by atoms with E-state index in [0.717, 1.165) is 11.1 Å². The molecule has 96 valence electrons. The van der Waals surface area contributed by atoms with Gasteiger partial charge in [0.25, 0.3) is 0 Å². The van der Waals surface area contributed by atoms with Gasteiger partial charge >= 0.3 is 0 Å². The van der Waals surface area contributed by atoms with Crippen LogP contribution in [0.1, 0.15) is 37.4 Å². The first-order chi connectivity index (χ1) is 7.89. The van der Waals surface area contributed by atoms with Crippen LogP contribution >= 0.6 is 0 Å². The Labute approximate surface area is 102 Å². The highest BCUT2D eigenvalue weighted by atomic mass is 19.1. The van der Waals surface area contributed by atoms with Crippen LogP contribution in [0, 0.1) is 12.7 Å². The number of hydrazine groups is 1. The minimum Gasteiger partial charge on any atom is -0.379 e. The smallest absolute Gasteiger partial charge is 0.123 e. The lowest BCUT2D eigenvalue weighted by molar-refractivity contribution is 0.00676. The van der Waals surface area contributed by atoms with Gasteiger partial charge in [-0.05, 0) is 50.5 Å². The molecule has 0 saturated heterocycles. The molecule has 1 atom stereocenters. The number of benzene rings is 1. The van der Waals surface area contributed by atoms with E-state index in [0.29, 0.717) is 6.42 Å². The monoisotopic (exact) mass is 240 g/mol. The summed E-state index contributed by atoms with van der Waals surface area (Å²) >= 11 is 0. The lowest BCUT2D eigenvalue weighted by Crippen LogP contribution is -2.35. The van der Waals surface area contributed by atoms with Crippen molar-refractivity contribution in [3.05, 3.63) is 35.1 Å². The summed E-state index contributed by atoms with van der Waals surface area (Å²) in [7, 11) is 1.67. The van der Waals surface area contributed by atoms with Crippen LogP contribution in [0.2, 0.25) is 0 Å². The molecular weight excluding hydrogens is 219 g/mol. The van der Waals surface area contributed by atoms with Crippen LogP contribution in [-0.2, 0) is 4.74 Å². The van der Waals surface area contributed by atoms with Crippen molar-refractivity contribution in [3.8, 4) is 0 Å². The van der Waals surface area contributed by atoms with Crippen LogP contribution < -0.4 is 11.3 Å². The molecule has 0 spiro atoms. The van der Waals surface area contributed by atoms with Crippen molar-refractivity contribution in [2.24, 2.45) is 5.84 Å². The summed E-state index contributed by atoms with van der Waals surface area (Å²) in [5.41, 5.74) is 4.37. The molecule has 0 aliphatic heterocycles. The Balaban J connectivity index is 2.94. The normalized spacial score (nSPS) is 13.8. The molecule has 0 aliphatic carbocycles. The summed E-state index contributed by atoms with van der Waals surface area (Å²) in [4.78, 5) is 0. The number of nitrogens with one attached hydrogen (secondary N) is 1. The summed E-state index contributed by atoms with van der Waals surface area (Å²) in [6, 6.07) is 4.68. The molecule has 1 aromatic carbocycles. The van der Waals surface area contributed by atoms with Gasteiger partial charge in [-0.3, -0.25) is 11.3 Å². The molecule has 0 aromatic heterocycles. The van der Waals surface area contributed by atoms with E-state index in [4.69, 9.17) is 10.6 Å². The number of hydrogen-bond acceptors (Lipinski definition) is 3. The average Bonchev–Trinajstić information content (AvgIpc) is 2.26. The SMILES string of the molecule is COC(C)(C)CC(NN)c1ccc(F)cc1C. The van der Waals surface area contributed by atoms with Gasteiger partial charge in [-0.1, -0.05) is 6.07 Å². The number of ether oxygens (including phenoxy) is 1. The average molecular weight is 240 g/mol. The van der Waals surface area contributed by atoms with Crippen molar-refractivity contribution in [3.63, 3.8) is 0 Å². The zero-order valence-electron chi connectivity index (χ0n) is 10.9. The molecule has 0 amide bonds. The molecule has 0 bridgehead atoms. The van der Waals surface area contributed by atoms with Crippen molar-refractivity contribution < 1.29 is 9.13 Å². The Kier molecular flexibility index (Phi) is 4.62. The van der Waals surface area contributed by atoms with Crippen LogP contribution in [0.15, 0.2) is 18.2 Å². The van der Waals surface area contributed by atoms with Crippen LogP contribution in [0.4, 0.5) is 4.39 Å². The summed E-state index contributed by atoms with van der Waals surface area (Å²) in [5, 5.41) is 0. The first kappa shape index (κ1) is 14.1. The molecule has 1 aromatic rings. The molecule has 1 rings (SSSR count). The number of rotatable bonds is 5. The first-order valence-electron chi connectivity index (χ1n) is 5.67. The molecule has 0 radical (unpaired) electrons. The number of aryl methyl sites for hydroxylation is 1. The van der Waals surface area contributed by atoms with Crippen molar-refractivity contribution in [2.45, 2.75) is 38.8 Å². The second-order valence-electron chi connectivity index (χ2n) is 4.89. The zero-order chi connectivity index (χ0) is 13.1. The molecule has 3 nitrogen and oxygen atoms in total. The largest absolute Gasteiger partial charge is 0.379 e. The lowest BCUT2D eigenvalue weighted by Gasteiger charge is -2.29. The standard InChI is InChI=1S/C13H21FN2O/c1-9-7-10(14)5-6-11(9)12(16-15)8-13(2,3)17-4/h5-7,12,16H,8,15H2,1-4H3. The highest BCUT2D eigenvalue weighted by Gasteiger charge is 2.24. The van der Waals surface area contributed by atoms with E-state index >= 15 is 0 Å². The van der Waals surface area contributed by atoms with Gasteiger partial charge in [0.15, 0.2) is 0 Å². The third-order valence-corrected chi connectivity index (χ3v) is 3.06. The maximum atomic E-state index is 13.0. The van der Waals surface area contributed by atoms with Gasteiger partial charge in [0.1, 0.15) is 5.82 Å². The van der Waals surface area contributed by atoms with Crippen molar-refractivity contribution in [1.29, 1.82) is 0 Å². The fourth-order valence-corrected chi connectivity index (χ4v) is 1.86. The minimum absolute atomic E-state index is 0.0504. The Morgan fingerprint density at radius 3 is 2.59 bits per heavy atom. The third kappa shape index (κ3) is 3.77. The van der Waals surface area contributed by atoms with E-state index in [1.807, 2.05) is 20.8 Å². The molecule has 0 saturated carbocycles. The summed E-state index contributed by atoms with van der Waals surface area (Å²) in [5.74, 6) is 5.35. The molecule has 4 heteroatoms. The fourth-order valence-electron chi connectivity index (χ4n) is 1.86. The molecule has 3 N–H and O–H groups in total. The molecule has 0 heterocycles. The maximum Gasteiger partial charge on any atom is 0.123 e. The fraction of sp³-hybridized carbons (Fsp3) is 0.538.